The van der Waals surface area contributed by atoms with Crippen molar-refractivity contribution in [1.29, 1.82) is 0 Å². The van der Waals surface area contributed by atoms with E-state index in [1.807, 2.05) is 25.1 Å². The fourth-order valence-electron chi connectivity index (χ4n) is 2.18. The van der Waals surface area contributed by atoms with E-state index in [0.717, 1.165) is 22.4 Å². The van der Waals surface area contributed by atoms with E-state index < -0.39 is 0 Å². The van der Waals surface area contributed by atoms with Crippen LogP contribution < -0.4 is 5.32 Å². The zero-order valence-electron chi connectivity index (χ0n) is 11.5. The minimum absolute atomic E-state index is 0.226. The van der Waals surface area contributed by atoms with Gasteiger partial charge in [0.25, 0.3) is 5.91 Å². The Hall–Kier alpha value is -2.69. The standard InChI is InChI=1S/C16H14FN3O/c1-10-19-14-7-2-11(8-15(14)20-10)9-18-16(21)12-3-5-13(17)6-4-12/h2-8H,9H2,1H3,(H,18,21)(H,19,20). The molecule has 3 rings (SSSR count). The van der Waals surface area contributed by atoms with Crippen LogP contribution in [0.3, 0.4) is 0 Å². The fourth-order valence-corrected chi connectivity index (χ4v) is 2.18. The predicted molar refractivity (Wildman–Crippen MR) is 78.4 cm³/mol. The van der Waals surface area contributed by atoms with Gasteiger partial charge in [-0.15, -0.1) is 0 Å². The Balaban J connectivity index is 1.70. The van der Waals surface area contributed by atoms with Crippen LogP contribution in [0.5, 0.6) is 0 Å². The quantitative estimate of drug-likeness (QED) is 0.776. The molecule has 0 unspecified atom stereocenters. The van der Waals surface area contributed by atoms with E-state index in [-0.39, 0.29) is 11.7 Å². The highest BCUT2D eigenvalue weighted by Crippen LogP contribution is 2.13. The van der Waals surface area contributed by atoms with Gasteiger partial charge in [0.1, 0.15) is 11.6 Å². The van der Waals surface area contributed by atoms with Gasteiger partial charge in [-0.3, -0.25) is 4.79 Å². The van der Waals surface area contributed by atoms with E-state index in [0.29, 0.717) is 12.1 Å². The maximum absolute atomic E-state index is 12.8. The van der Waals surface area contributed by atoms with Gasteiger partial charge in [0.15, 0.2) is 0 Å². The largest absolute Gasteiger partial charge is 0.348 e. The number of halogens is 1. The van der Waals surface area contributed by atoms with Crippen molar-refractivity contribution in [2.45, 2.75) is 13.5 Å². The Morgan fingerprint density at radius 2 is 2.00 bits per heavy atom. The zero-order valence-corrected chi connectivity index (χ0v) is 11.5. The second-order valence-corrected chi connectivity index (χ2v) is 4.86. The molecule has 0 aliphatic carbocycles. The first-order valence-electron chi connectivity index (χ1n) is 6.61. The van der Waals surface area contributed by atoms with E-state index >= 15 is 0 Å². The third kappa shape index (κ3) is 2.91. The molecule has 0 aliphatic rings. The molecule has 0 spiro atoms. The highest BCUT2D eigenvalue weighted by molar-refractivity contribution is 5.94. The van der Waals surface area contributed by atoms with Gasteiger partial charge in [0.2, 0.25) is 0 Å². The van der Waals surface area contributed by atoms with Crippen LogP contribution in [-0.2, 0) is 6.54 Å². The number of aryl methyl sites for hydroxylation is 1. The SMILES string of the molecule is Cc1nc2ccc(CNC(=O)c3ccc(F)cc3)cc2[nH]1. The molecule has 1 heterocycles. The van der Waals surface area contributed by atoms with E-state index in [1.54, 1.807) is 0 Å². The summed E-state index contributed by atoms with van der Waals surface area (Å²) in [6.45, 7) is 2.31. The summed E-state index contributed by atoms with van der Waals surface area (Å²) >= 11 is 0. The lowest BCUT2D eigenvalue weighted by atomic mass is 10.1. The summed E-state index contributed by atoms with van der Waals surface area (Å²) in [7, 11) is 0. The van der Waals surface area contributed by atoms with Gasteiger partial charge in [-0.2, -0.15) is 0 Å². The second kappa shape index (κ2) is 5.36. The molecule has 0 atom stereocenters. The Morgan fingerprint density at radius 3 is 2.76 bits per heavy atom. The second-order valence-electron chi connectivity index (χ2n) is 4.86. The molecule has 2 N–H and O–H groups in total. The lowest BCUT2D eigenvalue weighted by molar-refractivity contribution is 0.0951. The van der Waals surface area contributed by atoms with Crippen LogP contribution in [-0.4, -0.2) is 15.9 Å². The van der Waals surface area contributed by atoms with Gasteiger partial charge < -0.3 is 10.3 Å². The van der Waals surface area contributed by atoms with Crippen LogP contribution in [0, 0.1) is 12.7 Å². The monoisotopic (exact) mass is 283 g/mol. The number of H-pyrrole nitrogens is 1. The summed E-state index contributed by atoms with van der Waals surface area (Å²) in [4.78, 5) is 19.4. The average molecular weight is 283 g/mol. The molecule has 0 radical (unpaired) electrons. The van der Waals surface area contributed by atoms with Crippen molar-refractivity contribution in [2.24, 2.45) is 0 Å². The minimum atomic E-state index is -0.355. The van der Waals surface area contributed by atoms with Gasteiger partial charge in [-0.05, 0) is 48.9 Å². The van der Waals surface area contributed by atoms with Crippen molar-refractivity contribution in [1.82, 2.24) is 15.3 Å². The van der Waals surface area contributed by atoms with Crippen molar-refractivity contribution in [3.05, 3.63) is 65.2 Å². The molecule has 5 heteroatoms. The van der Waals surface area contributed by atoms with Gasteiger partial charge >= 0.3 is 0 Å². The molecule has 21 heavy (non-hydrogen) atoms. The van der Waals surface area contributed by atoms with Crippen LogP contribution >= 0.6 is 0 Å². The number of amides is 1. The summed E-state index contributed by atoms with van der Waals surface area (Å²) in [6.07, 6.45) is 0. The molecule has 0 saturated heterocycles. The number of carbonyl (C=O) groups is 1. The molecular formula is C16H14FN3O. The summed E-state index contributed by atoms with van der Waals surface area (Å²) in [5, 5.41) is 2.81. The number of rotatable bonds is 3. The molecule has 4 nitrogen and oxygen atoms in total. The number of fused-ring (bicyclic) bond motifs is 1. The first-order valence-corrected chi connectivity index (χ1v) is 6.61. The molecule has 2 aromatic carbocycles. The summed E-state index contributed by atoms with van der Waals surface area (Å²) in [5.74, 6) is 0.278. The summed E-state index contributed by atoms with van der Waals surface area (Å²) < 4.78 is 12.8. The lowest BCUT2D eigenvalue weighted by Crippen LogP contribution is -2.22. The van der Waals surface area contributed by atoms with E-state index in [1.165, 1.54) is 24.3 Å². The number of aromatic amines is 1. The maximum Gasteiger partial charge on any atom is 0.251 e. The molecule has 106 valence electrons. The molecule has 1 amide bonds. The van der Waals surface area contributed by atoms with Crippen LogP contribution in [0.2, 0.25) is 0 Å². The number of hydrogen-bond acceptors (Lipinski definition) is 2. The predicted octanol–water partition coefficient (Wildman–Crippen LogP) is 2.94. The molecule has 0 bridgehead atoms. The van der Waals surface area contributed by atoms with Crippen molar-refractivity contribution in [2.75, 3.05) is 0 Å². The van der Waals surface area contributed by atoms with E-state index in [2.05, 4.69) is 15.3 Å². The highest BCUT2D eigenvalue weighted by Gasteiger charge is 2.06. The fraction of sp³-hybridized carbons (Fsp3) is 0.125. The van der Waals surface area contributed by atoms with E-state index in [4.69, 9.17) is 0 Å². The van der Waals surface area contributed by atoms with Crippen molar-refractivity contribution in [3.8, 4) is 0 Å². The number of nitrogens with zero attached hydrogens (tertiary/aromatic N) is 1. The lowest BCUT2D eigenvalue weighted by Gasteiger charge is -2.05. The number of benzene rings is 2. The van der Waals surface area contributed by atoms with Crippen molar-refractivity contribution >= 4 is 16.9 Å². The van der Waals surface area contributed by atoms with Crippen LogP contribution in [0.25, 0.3) is 11.0 Å². The topological polar surface area (TPSA) is 57.8 Å². The van der Waals surface area contributed by atoms with Crippen LogP contribution in [0.4, 0.5) is 4.39 Å². The maximum atomic E-state index is 12.8. The summed E-state index contributed by atoms with van der Waals surface area (Å²) in [6, 6.07) is 11.3. The molecule has 0 fully saturated rings. The molecular weight excluding hydrogens is 269 g/mol. The zero-order chi connectivity index (χ0) is 14.8. The number of imidazole rings is 1. The molecule has 0 saturated carbocycles. The Kier molecular flexibility index (Phi) is 3.39. The highest BCUT2D eigenvalue weighted by atomic mass is 19.1. The number of nitrogens with one attached hydrogen (secondary N) is 2. The van der Waals surface area contributed by atoms with Gasteiger partial charge in [0.05, 0.1) is 11.0 Å². The number of carbonyl (C=O) groups excluding carboxylic acids is 1. The van der Waals surface area contributed by atoms with Crippen LogP contribution in [0.15, 0.2) is 42.5 Å². The van der Waals surface area contributed by atoms with Gasteiger partial charge in [-0.25, -0.2) is 9.37 Å². The molecule has 3 aromatic rings. The van der Waals surface area contributed by atoms with Gasteiger partial charge in [-0.1, -0.05) is 6.07 Å². The smallest absolute Gasteiger partial charge is 0.251 e. The third-order valence-electron chi connectivity index (χ3n) is 3.22. The number of hydrogen-bond donors (Lipinski definition) is 2. The minimum Gasteiger partial charge on any atom is -0.348 e. The normalized spacial score (nSPS) is 10.8. The summed E-state index contributed by atoms with van der Waals surface area (Å²) in [5.41, 5.74) is 3.26. The van der Waals surface area contributed by atoms with Crippen molar-refractivity contribution < 1.29 is 9.18 Å². The Morgan fingerprint density at radius 1 is 1.24 bits per heavy atom. The first kappa shape index (κ1) is 13.3. The van der Waals surface area contributed by atoms with E-state index in [9.17, 15) is 9.18 Å². The molecule has 0 aliphatic heterocycles. The first-order chi connectivity index (χ1) is 10.1. The third-order valence-corrected chi connectivity index (χ3v) is 3.22. The van der Waals surface area contributed by atoms with Crippen LogP contribution in [0.1, 0.15) is 21.7 Å². The Labute approximate surface area is 121 Å². The average Bonchev–Trinajstić information content (AvgIpc) is 2.84. The Bertz CT molecular complexity index is 793. The molecule has 1 aromatic heterocycles. The van der Waals surface area contributed by atoms with Gasteiger partial charge in [0, 0.05) is 12.1 Å². The van der Waals surface area contributed by atoms with Crippen molar-refractivity contribution in [3.63, 3.8) is 0 Å². The number of aromatic nitrogens is 2.